The van der Waals surface area contributed by atoms with Crippen LogP contribution < -0.4 is 11.5 Å². The van der Waals surface area contributed by atoms with Crippen molar-refractivity contribution in [1.82, 2.24) is 0 Å². The summed E-state index contributed by atoms with van der Waals surface area (Å²) in [7, 11) is 0. The molecule has 4 heteroatoms. The number of nitrogens with two attached hydrogens (primary N) is 2. The van der Waals surface area contributed by atoms with Crippen molar-refractivity contribution >= 4 is 0 Å². The highest BCUT2D eigenvalue weighted by atomic mass is 14.7. The first-order chi connectivity index (χ1) is 8.54. The van der Waals surface area contributed by atoms with Gasteiger partial charge in [0, 0.05) is 0 Å². The highest BCUT2D eigenvalue weighted by Crippen LogP contribution is 2.25. The monoisotopic (exact) mass is 248 g/mol. The minimum Gasteiger partial charge on any atom is -0.313 e. The second kappa shape index (κ2) is 6.73. The van der Waals surface area contributed by atoms with Crippen LogP contribution in [0.1, 0.15) is 64.2 Å². The van der Waals surface area contributed by atoms with Crippen molar-refractivity contribution in [2.45, 2.75) is 75.3 Å². The van der Waals surface area contributed by atoms with Gasteiger partial charge in [0.25, 0.3) is 0 Å². The molecule has 0 aromatic rings. The van der Waals surface area contributed by atoms with Gasteiger partial charge >= 0.3 is 0 Å². The lowest BCUT2D eigenvalue weighted by molar-refractivity contribution is 0.367. The molecule has 0 radical (unpaired) electrons. The highest BCUT2D eigenvalue weighted by Gasteiger charge is 2.26. The fourth-order valence-electron chi connectivity index (χ4n) is 2.59. The zero-order valence-corrected chi connectivity index (χ0v) is 11.1. The van der Waals surface area contributed by atoms with E-state index >= 15 is 0 Å². The molecule has 2 aliphatic rings. The maximum Gasteiger partial charge on any atom is 0.104 e. The summed E-state index contributed by atoms with van der Waals surface area (Å²) < 4.78 is 0. The predicted molar refractivity (Wildman–Crippen MR) is 71.2 cm³/mol. The van der Waals surface area contributed by atoms with Gasteiger partial charge in [0.2, 0.25) is 0 Å². The third-order valence-electron chi connectivity index (χ3n) is 3.94. The molecule has 2 aliphatic carbocycles. The molecule has 2 rings (SSSR count). The van der Waals surface area contributed by atoms with E-state index in [1.807, 2.05) is 0 Å². The standard InChI is InChI=1S/2C7H12N2/c2*8-6-7(9)4-2-1-3-5-7/h2*1-5,9H2. The van der Waals surface area contributed by atoms with Crippen molar-refractivity contribution in [1.29, 1.82) is 10.5 Å². The van der Waals surface area contributed by atoms with Crippen LogP contribution >= 0.6 is 0 Å². The van der Waals surface area contributed by atoms with Gasteiger partial charge in [-0.25, -0.2) is 0 Å². The predicted octanol–water partition coefficient (Wildman–Crippen LogP) is 2.34. The van der Waals surface area contributed by atoms with Crippen LogP contribution in [0, 0.1) is 22.7 Å². The first-order valence-corrected chi connectivity index (χ1v) is 6.94. The van der Waals surface area contributed by atoms with Gasteiger partial charge in [-0.15, -0.1) is 0 Å². The molecular formula is C14H24N4. The van der Waals surface area contributed by atoms with E-state index in [2.05, 4.69) is 12.1 Å². The molecule has 4 nitrogen and oxygen atoms in total. The van der Waals surface area contributed by atoms with Crippen LogP contribution in [0.25, 0.3) is 0 Å². The number of nitriles is 2. The van der Waals surface area contributed by atoms with E-state index in [1.165, 1.54) is 12.8 Å². The Hall–Kier alpha value is -1.10. The van der Waals surface area contributed by atoms with E-state index in [1.54, 1.807) is 0 Å². The Balaban J connectivity index is 0.000000180. The van der Waals surface area contributed by atoms with Gasteiger partial charge < -0.3 is 11.5 Å². The van der Waals surface area contributed by atoms with E-state index in [-0.39, 0.29) is 0 Å². The molecule has 0 unspecified atom stereocenters. The summed E-state index contributed by atoms with van der Waals surface area (Å²) >= 11 is 0. The van der Waals surface area contributed by atoms with E-state index < -0.39 is 11.1 Å². The molecule has 0 atom stereocenters. The lowest BCUT2D eigenvalue weighted by atomic mass is 9.84. The summed E-state index contributed by atoms with van der Waals surface area (Å²) in [5, 5.41) is 17.2. The van der Waals surface area contributed by atoms with Gasteiger partial charge in [0.1, 0.15) is 11.1 Å². The molecule has 0 spiro atoms. The van der Waals surface area contributed by atoms with E-state index in [0.29, 0.717) is 0 Å². The number of hydrogen-bond acceptors (Lipinski definition) is 4. The van der Waals surface area contributed by atoms with Gasteiger partial charge in [-0.05, 0) is 25.7 Å². The lowest BCUT2D eigenvalue weighted by Crippen LogP contribution is -2.39. The molecule has 100 valence electrons. The Bertz CT molecular complexity index is 291. The third-order valence-corrected chi connectivity index (χ3v) is 3.94. The van der Waals surface area contributed by atoms with Crippen LogP contribution in [0.4, 0.5) is 0 Å². The van der Waals surface area contributed by atoms with Gasteiger partial charge in [-0.1, -0.05) is 38.5 Å². The van der Waals surface area contributed by atoms with Crippen molar-refractivity contribution in [2.24, 2.45) is 11.5 Å². The second-order valence-electron chi connectivity index (χ2n) is 5.66. The van der Waals surface area contributed by atoms with Crippen molar-refractivity contribution < 1.29 is 0 Å². The Morgan fingerprint density at radius 2 is 0.889 bits per heavy atom. The first kappa shape index (κ1) is 15.0. The maximum absolute atomic E-state index is 8.58. The first-order valence-electron chi connectivity index (χ1n) is 6.94. The number of rotatable bonds is 0. The van der Waals surface area contributed by atoms with Crippen LogP contribution in [0.5, 0.6) is 0 Å². The van der Waals surface area contributed by atoms with Gasteiger partial charge in [0.15, 0.2) is 0 Å². The summed E-state index contributed by atoms with van der Waals surface area (Å²) in [5.74, 6) is 0. The molecule has 0 heterocycles. The molecular weight excluding hydrogens is 224 g/mol. The Labute approximate surface area is 110 Å². The SMILES string of the molecule is N#CC1(N)CCCCC1.N#CC1(N)CCCCC1. The van der Waals surface area contributed by atoms with Crippen LogP contribution in [-0.4, -0.2) is 11.1 Å². The Morgan fingerprint density at radius 3 is 1.06 bits per heavy atom. The normalized spacial score (nSPS) is 24.9. The summed E-state index contributed by atoms with van der Waals surface area (Å²) in [6, 6.07) is 4.32. The number of nitrogens with zero attached hydrogens (tertiary/aromatic N) is 2. The molecule has 4 N–H and O–H groups in total. The van der Waals surface area contributed by atoms with E-state index in [9.17, 15) is 0 Å². The van der Waals surface area contributed by atoms with E-state index in [0.717, 1.165) is 51.4 Å². The molecule has 0 aromatic heterocycles. The summed E-state index contributed by atoms with van der Waals surface area (Å²) in [4.78, 5) is 0. The minimum atomic E-state index is -0.474. The summed E-state index contributed by atoms with van der Waals surface area (Å²) in [5.41, 5.74) is 10.4. The van der Waals surface area contributed by atoms with Crippen molar-refractivity contribution in [3.63, 3.8) is 0 Å². The van der Waals surface area contributed by atoms with Crippen LogP contribution in [-0.2, 0) is 0 Å². The van der Waals surface area contributed by atoms with Crippen LogP contribution in [0.15, 0.2) is 0 Å². The van der Waals surface area contributed by atoms with Crippen LogP contribution in [0.2, 0.25) is 0 Å². The van der Waals surface area contributed by atoms with Gasteiger partial charge in [-0.2, -0.15) is 10.5 Å². The Morgan fingerprint density at radius 1 is 0.611 bits per heavy atom. The Kier molecular flexibility index (Phi) is 5.59. The highest BCUT2D eigenvalue weighted by molar-refractivity contribution is 5.06. The average Bonchev–Trinajstić information content (AvgIpc) is 2.41. The second-order valence-corrected chi connectivity index (χ2v) is 5.66. The topological polar surface area (TPSA) is 99.6 Å². The molecule has 18 heavy (non-hydrogen) atoms. The third kappa shape index (κ3) is 4.64. The summed E-state index contributed by atoms with van der Waals surface area (Å²) in [6.45, 7) is 0. The number of hydrogen-bond donors (Lipinski definition) is 2. The molecule has 0 aromatic carbocycles. The fourth-order valence-corrected chi connectivity index (χ4v) is 2.59. The fraction of sp³-hybridized carbons (Fsp3) is 0.857. The largest absolute Gasteiger partial charge is 0.313 e. The minimum absolute atomic E-state index is 0.474. The zero-order chi connectivity index (χ0) is 13.5. The van der Waals surface area contributed by atoms with Gasteiger partial charge in [0.05, 0.1) is 12.1 Å². The molecule has 2 saturated carbocycles. The van der Waals surface area contributed by atoms with Crippen molar-refractivity contribution in [3.05, 3.63) is 0 Å². The molecule has 0 saturated heterocycles. The van der Waals surface area contributed by atoms with Crippen molar-refractivity contribution in [2.75, 3.05) is 0 Å². The lowest BCUT2D eigenvalue weighted by Gasteiger charge is -2.25. The maximum atomic E-state index is 8.58. The van der Waals surface area contributed by atoms with Crippen LogP contribution in [0.3, 0.4) is 0 Å². The molecule has 0 amide bonds. The molecule has 0 bridgehead atoms. The smallest absolute Gasteiger partial charge is 0.104 e. The summed E-state index contributed by atoms with van der Waals surface area (Å²) in [6.07, 6.45) is 10.6. The van der Waals surface area contributed by atoms with Crippen molar-refractivity contribution in [3.8, 4) is 12.1 Å². The van der Waals surface area contributed by atoms with Gasteiger partial charge in [-0.3, -0.25) is 0 Å². The zero-order valence-electron chi connectivity index (χ0n) is 11.1. The van der Waals surface area contributed by atoms with E-state index in [4.69, 9.17) is 22.0 Å². The molecule has 0 aliphatic heterocycles. The quantitative estimate of drug-likeness (QED) is 0.687. The average molecular weight is 248 g/mol. The molecule has 2 fully saturated rings.